The van der Waals surface area contributed by atoms with Crippen molar-refractivity contribution >= 4 is 27.8 Å². The lowest BCUT2D eigenvalue weighted by Gasteiger charge is -2.19. The Morgan fingerprint density at radius 3 is 2.72 bits per heavy atom. The first kappa shape index (κ1) is 20.6. The maximum Gasteiger partial charge on any atom is 0.335 e. The Hall–Kier alpha value is -3.26. The topological polar surface area (TPSA) is 80.1 Å². The second-order valence-electron chi connectivity index (χ2n) is 8.96. The van der Waals surface area contributed by atoms with Gasteiger partial charge in [0.25, 0.3) is 0 Å². The number of nitrogens with zero attached hydrogens (tertiary/aromatic N) is 2. The highest BCUT2D eigenvalue weighted by Gasteiger charge is 2.45. The van der Waals surface area contributed by atoms with Crippen LogP contribution in [0.5, 0.6) is 0 Å². The van der Waals surface area contributed by atoms with E-state index in [-0.39, 0.29) is 18.4 Å². The van der Waals surface area contributed by atoms with Crippen molar-refractivity contribution in [2.45, 2.75) is 44.6 Å². The quantitative estimate of drug-likeness (QED) is 0.455. The number of carboxylic acid groups (broad SMARTS) is 1. The van der Waals surface area contributed by atoms with Crippen LogP contribution >= 0.6 is 0 Å². The van der Waals surface area contributed by atoms with Crippen LogP contribution in [0.2, 0.25) is 0 Å². The number of hydrogen-bond acceptors (Lipinski definition) is 3. The number of hydrogen-bond donors (Lipinski definition) is 2. The van der Waals surface area contributed by atoms with Crippen LogP contribution in [0.25, 0.3) is 27.5 Å². The highest BCUT2D eigenvalue weighted by molar-refractivity contribution is 5.99. The molecule has 0 saturated carbocycles. The van der Waals surface area contributed by atoms with E-state index < -0.39 is 23.2 Å². The van der Waals surface area contributed by atoms with Crippen molar-refractivity contribution in [3.05, 3.63) is 59.4 Å². The van der Waals surface area contributed by atoms with Gasteiger partial charge in [-0.05, 0) is 49.1 Å². The van der Waals surface area contributed by atoms with E-state index in [1.807, 2.05) is 30.5 Å². The maximum atomic E-state index is 14.2. The van der Waals surface area contributed by atoms with Gasteiger partial charge in [-0.1, -0.05) is 13.8 Å². The molecular weight excluding hydrogens is 416 g/mol. The van der Waals surface area contributed by atoms with Gasteiger partial charge in [-0.2, -0.15) is 5.10 Å². The van der Waals surface area contributed by atoms with Crippen LogP contribution < -0.4 is 0 Å². The first-order chi connectivity index (χ1) is 15.2. The summed E-state index contributed by atoms with van der Waals surface area (Å²) in [5, 5.41) is 18.6. The molecule has 4 aromatic rings. The molecule has 2 atom stereocenters. The molecule has 2 aromatic carbocycles. The van der Waals surface area contributed by atoms with Gasteiger partial charge in [0.05, 0.1) is 23.8 Å². The molecule has 3 heterocycles. The number of aromatic nitrogens is 3. The number of benzene rings is 2. The number of carboxylic acids is 1. The molecule has 2 N–H and O–H groups in total. The molecule has 0 unspecified atom stereocenters. The van der Waals surface area contributed by atoms with Gasteiger partial charge in [-0.15, -0.1) is 0 Å². The summed E-state index contributed by atoms with van der Waals surface area (Å²) < 4.78 is 35.6. The number of nitrogens with one attached hydrogen (secondary N) is 1. The summed E-state index contributed by atoms with van der Waals surface area (Å²) in [5.74, 6) is -2.96. The van der Waals surface area contributed by atoms with E-state index >= 15 is 0 Å². The number of carbonyl (C=O) groups is 1. The summed E-state index contributed by atoms with van der Waals surface area (Å²) in [7, 11) is 0. The van der Waals surface area contributed by atoms with Crippen molar-refractivity contribution in [2.24, 2.45) is 0 Å². The van der Waals surface area contributed by atoms with Crippen molar-refractivity contribution in [2.75, 3.05) is 6.61 Å². The van der Waals surface area contributed by atoms with Crippen LogP contribution in [0, 0.1) is 11.6 Å². The molecule has 8 heteroatoms. The second-order valence-corrected chi connectivity index (χ2v) is 8.96. The Morgan fingerprint density at radius 1 is 1.28 bits per heavy atom. The average molecular weight is 439 g/mol. The van der Waals surface area contributed by atoms with E-state index in [0.717, 1.165) is 39.1 Å². The molecule has 0 bridgehead atoms. The molecule has 0 amide bonds. The Labute approximate surface area is 182 Å². The van der Waals surface area contributed by atoms with Gasteiger partial charge in [-0.3, -0.25) is 5.10 Å². The monoisotopic (exact) mass is 439 g/mol. The van der Waals surface area contributed by atoms with Gasteiger partial charge in [0.1, 0.15) is 0 Å². The number of halogens is 2. The van der Waals surface area contributed by atoms with Crippen molar-refractivity contribution in [1.82, 2.24) is 14.8 Å². The minimum Gasteiger partial charge on any atom is -0.479 e. The normalized spacial score (nSPS) is 21.2. The zero-order valence-corrected chi connectivity index (χ0v) is 17.9. The van der Waals surface area contributed by atoms with Crippen molar-refractivity contribution in [3.8, 4) is 5.69 Å². The molecule has 1 aliphatic rings. The smallest absolute Gasteiger partial charge is 0.335 e. The molecule has 0 spiro atoms. The number of H-pyrrole nitrogens is 1. The zero-order chi connectivity index (χ0) is 22.8. The molecule has 0 radical (unpaired) electrons. The summed E-state index contributed by atoms with van der Waals surface area (Å²) in [6.07, 6.45) is 2.03. The van der Waals surface area contributed by atoms with E-state index in [1.54, 1.807) is 19.2 Å². The first-order valence-electron chi connectivity index (χ1n) is 10.5. The molecule has 0 aliphatic carbocycles. The summed E-state index contributed by atoms with van der Waals surface area (Å²) in [5.41, 5.74) is 2.81. The van der Waals surface area contributed by atoms with Crippen LogP contribution in [-0.4, -0.2) is 38.0 Å². The molecule has 166 valence electrons. The number of ether oxygens (including phenoxy) is 1. The van der Waals surface area contributed by atoms with Crippen LogP contribution in [0.15, 0.2) is 36.5 Å². The highest BCUT2D eigenvalue weighted by Crippen LogP contribution is 2.45. The Balaban J connectivity index is 1.84. The Kier molecular flexibility index (Phi) is 4.60. The fourth-order valence-electron chi connectivity index (χ4n) is 4.88. The minimum atomic E-state index is -1.27. The fraction of sp³-hybridized carbons (Fsp3) is 0.333. The number of aromatic amines is 1. The highest BCUT2D eigenvalue weighted by atomic mass is 19.2. The molecule has 1 fully saturated rings. The predicted octanol–water partition coefficient (Wildman–Crippen LogP) is 5.26. The van der Waals surface area contributed by atoms with Gasteiger partial charge in [0, 0.05) is 34.1 Å². The molecule has 2 aromatic heterocycles. The third-order valence-electron chi connectivity index (χ3n) is 6.41. The second kappa shape index (κ2) is 7.13. The average Bonchev–Trinajstić information content (AvgIpc) is 3.43. The van der Waals surface area contributed by atoms with Gasteiger partial charge < -0.3 is 14.4 Å². The van der Waals surface area contributed by atoms with Crippen LogP contribution in [0.1, 0.15) is 50.3 Å². The Bertz CT molecular complexity index is 1370. The number of rotatable bonds is 4. The van der Waals surface area contributed by atoms with E-state index in [2.05, 4.69) is 10.2 Å². The fourth-order valence-corrected chi connectivity index (χ4v) is 4.88. The number of fused-ring (bicyclic) bond motifs is 2. The predicted molar refractivity (Wildman–Crippen MR) is 116 cm³/mol. The Morgan fingerprint density at radius 2 is 2.06 bits per heavy atom. The zero-order valence-electron chi connectivity index (χ0n) is 17.9. The van der Waals surface area contributed by atoms with E-state index in [1.165, 1.54) is 6.07 Å². The van der Waals surface area contributed by atoms with E-state index in [9.17, 15) is 18.7 Å². The lowest BCUT2D eigenvalue weighted by molar-refractivity contribution is -0.157. The van der Waals surface area contributed by atoms with Gasteiger partial charge in [0.15, 0.2) is 17.2 Å². The third-order valence-corrected chi connectivity index (χ3v) is 6.41. The molecule has 1 saturated heterocycles. The maximum absolute atomic E-state index is 14.2. The lowest BCUT2D eigenvalue weighted by Crippen LogP contribution is -2.34. The summed E-state index contributed by atoms with van der Waals surface area (Å²) in [4.78, 5) is 11.8. The van der Waals surface area contributed by atoms with E-state index in [4.69, 9.17) is 4.74 Å². The summed E-state index contributed by atoms with van der Waals surface area (Å²) in [6, 6.07) is 7.83. The van der Waals surface area contributed by atoms with Crippen molar-refractivity contribution in [1.29, 1.82) is 0 Å². The van der Waals surface area contributed by atoms with E-state index in [0.29, 0.717) is 12.1 Å². The van der Waals surface area contributed by atoms with Crippen LogP contribution in [0.3, 0.4) is 0 Å². The van der Waals surface area contributed by atoms with Gasteiger partial charge in [0.2, 0.25) is 0 Å². The lowest BCUT2D eigenvalue weighted by atomic mass is 9.86. The summed E-state index contributed by atoms with van der Waals surface area (Å²) in [6.45, 7) is 5.92. The molecule has 5 rings (SSSR count). The SMILES string of the molecule is CC(C)c1c([C@H]2CO[C@](C)(C(=O)O)C2)c2cc3[nH]ncc3cc2n1-c1ccc(F)c(F)c1. The largest absolute Gasteiger partial charge is 0.479 e. The van der Waals surface area contributed by atoms with Crippen LogP contribution in [-0.2, 0) is 9.53 Å². The molecule has 1 aliphatic heterocycles. The molecular formula is C24H23F2N3O3. The molecule has 6 nitrogen and oxygen atoms in total. The molecule has 32 heavy (non-hydrogen) atoms. The van der Waals surface area contributed by atoms with Crippen LogP contribution in [0.4, 0.5) is 8.78 Å². The van der Waals surface area contributed by atoms with Crippen molar-refractivity contribution < 1.29 is 23.4 Å². The standard InChI is InChI=1S/C24H23F2N3O3/c1-12(2)22-21(14-9-24(3,23(30)31)32-11-14)16-8-19-13(10-27-28-19)6-20(16)29(22)15-4-5-17(25)18(26)7-15/h4-8,10,12,14H,9,11H2,1-3H3,(H,27,28)(H,30,31)/t14-,24+/m1/s1. The third kappa shape index (κ3) is 3.01. The first-order valence-corrected chi connectivity index (χ1v) is 10.5. The minimum absolute atomic E-state index is 0.0265. The van der Waals surface area contributed by atoms with Gasteiger partial charge in [-0.25, -0.2) is 13.6 Å². The number of aliphatic carboxylic acids is 1. The van der Waals surface area contributed by atoms with Crippen molar-refractivity contribution in [3.63, 3.8) is 0 Å². The van der Waals surface area contributed by atoms with Gasteiger partial charge >= 0.3 is 5.97 Å². The summed E-state index contributed by atoms with van der Waals surface area (Å²) >= 11 is 0.